The van der Waals surface area contributed by atoms with Crippen LogP contribution < -0.4 is 5.32 Å². The zero-order valence-electron chi connectivity index (χ0n) is 14.5. The van der Waals surface area contributed by atoms with E-state index in [4.69, 9.17) is 4.74 Å². The van der Waals surface area contributed by atoms with Crippen molar-refractivity contribution < 1.29 is 14.3 Å². The summed E-state index contributed by atoms with van der Waals surface area (Å²) in [4.78, 5) is 25.1. The maximum atomic E-state index is 12.9. The summed E-state index contributed by atoms with van der Waals surface area (Å²) in [5.41, 5.74) is 4.01. The number of para-hydroxylation sites is 1. The van der Waals surface area contributed by atoms with Crippen LogP contribution in [0.25, 0.3) is 10.8 Å². The average molecular weight is 345 g/mol. The van der Waals surface area contributed by atoms with Crippen molar-refractivity contribution in [3.05, 3.63) is 76.9 Å². The zero-order valence-corrected chi connectivity index (χ0v) is 14.5. The maximum absolute atomic E-state index is 12.9. The van der Waals surface area contributed by atoms with Crippen molar-refractivity contribution in [2.45, 2.75) is 19.8 Å². The number of carbonyl (C=O) groups excluding carboxylic acids is 2. The monoisotopic (exact) mass is 345 g/mol. The van der Waals surface area contributed by atoms with Gasteiger partial charge in [-0.3, -0.25) is 4.79 Å². The smallest absolute Gasteiger partial charge is 0.340 e. The van der Waals surface area contributed by atoms with Crippen LogP contribution in [0.1, 0.15) is 38.8 Å². The van der Waals surface area contributed by atoms with Gasteiger partial charge < -0.3 is 10.1 Å². The summed E-state index contributed by atoms with van der Waals surface area (Å²) in [6.07, 6.45) is 2.03. The number of rotatable bonds is 4. The molecule has 0 unspecified atom stereocenters. The Balaban J connectivity index is 1.71. The average Bonchev–Trinajstić information content (AvgIpc) is 3.08. The normalized spacial score (nSPS) is 12.2. The molecule has 4 rings (SSSR count). The number of nitrogens with one attached hydrogen (secondary N) is 1. The van der Waals surface area contributed by atoms with E-state index in [1.54, 1.807) is 31.2 Å². The summed E-state index contributed by atoms with van der Waals surface area (Å²) in [7, 11) is 0. The van der Waals surface area contributed by atoms with E-state index < -0.39 is 5.97 Å². The van der Waals surface area contributed by atoms with Crippen molar-refractivity contribution in [2.75, 3.05) is 11.9 Å². The molecule has 4 nitrogen and oxygen atoms in total. The highest BCUT2D eigenvalue weighted by molar-refractivity contribution is 6.15. The van der Waals surface area contributed by atoms with Gasteiger partial charge in [0.15, 0.2) is 0 Å². The molecule has 0 saturated heterocycles. The highest BCUT2D eigenvalue weighted by Crippen LogP contribution is 2.33. The molecule has 0 bridgehead atoms. The standard InChI is InChI=1S/C22H19NO3/c1-2-26-22(25)18-7-3-4-9-19(18)23-21(24)17-13-12-15-11-10-14-6-5-8-16(17)20(14)15/h3-9,12-13H,2,10-11H2,1H3,(H,23,24). The number of carbonyl (C=O) groups is 2. The van der Waals surface area contributed by atoms with Crippen LogP contribution in [0, 0.1) is 0 Å². The highest BCUT2D eigenvalue weighted by Gasteiger charge is 2.20. The molecule has 0 heterocycles. The lowest BCUT2D eigenvalue weighted by Crippen LogP contribution is -2.16. The molecule has 0 aromatic heterocycles. The van der Waals surface area contributed by atoms with Crippen molar-refractivity contribution in [1.82, 2.24) is 0 Å². The predicted octanol–water partition coefficient (Wildman–Crippen LogP) is 4.37. The third-order valence-corrected chi connectivity index (χ3v) is 4.79. The molecule has 3 aromatic rings. The third kappa shape index (κ3) is 2.73. The first-order valence-corrected chi connectivity index (χ1v) is 8.80. The van der Waals surface area contributed by atoms with Gasteiger partial charge in [0.25, 0.3) is 5.91 Å². The summed E-state index contributed by atoms with van der Waals surface area (Å²) in [5, 5.41) is 5.03. The Bertz CT molecular complexity index is 1010. The van der Waals surface area contributed by atoms with Gasteiger partial charge in [0, 0.05) is 5.56 Å². The van der Waals surface area contributed by atoms with E-state index in [0.29, 0.717) is 16.8 Å². The number of hydrogen-bond donors (Lipinski definition) is 1. The fourth-order valence-electron chi connectivity index (χ4n) is 3.61. The number of hydrogen-bond acceptors (Lipinski definition) is 3. The lowest BCUT2D eigenvalue weighted by molar-refractivity contribution is 0.0527. The Kier molecular flexibility index (Phi) is 4.17. The largest absolute Gasteiger partial charge is 0.462 e. The van der Waals surface area contributed by atoms with Gasteiger partial charge in [-0.15, -0.1) is 0 Å². The molecule has 0 fully saturated rings. The molecule has 0 aliphatic heterocycles. The van der Waals surface area contributed by atoms with Crippen LogP contribution in [0.3, 0.4) is 0 Å². The summed E-state index contributed by atoms with van der Waals surface area (Å²) in [6, 6.07) is 16.9. The Morgan fingerprint density at radius 2 is 1.69 bits per heavy atom. The number of amides is 1. The molecule has 1 N–H and O–H groups in total. The SMILES string of the molecule is CCOC(=O)c1ccccc1NC(=O)c1ccc2c3c(cccc13)CC2. The molecule has 0 atom stereocenters. The quantitative estimate of drug-likeness (QED) is 0.715. The van der Waals surface area contributed by atoms with Crippen LogP contribution in [0.2, 0.25) is 0 Å². The van der Waals surface area contributed by atoms with Gasteiger partial charge in [-0.25, -0.2) is 4.79 Å². The van der Waals surface area contributed by atoms with Crippen LogP contribution in [0.5, 0.6) is 0 Å². The minimum Gasteiger partial charge on any atom is -0.462 e. The summed E-state index contributed by atoms with van der Waals surface area (Å²) >= 11 is 0. The van der Waals surface area contributed by atoms with Crippen LogP contribution in [-0.4, -0.2) is 18.5 Å². The van der Waals surface area contributed by atoms with E-state index in [1.807, 2.05) is 24.3 Å². The molecule has 0 spiro atoms. The Morgan fingerprint density at radius 1 is 0.923 bits per heavy atom. The molecule has 26 heavy (non-hydrogen) atoms. The van der Waals surface area contributed by atoms with Gasteiger partial charge in [-0.05, 0) is 59.9 Å². The van der Waals surface area contributed by atoms with Crippen LogP contribution >= 0.6 is 0 Å². The van der Waals surface area contributed by atoms with Gasteiger partial charge in [-0.2, -0.15) is 0 Å². The van der Waals surface area contributed by atoms with Crippen LogP contribution in [0.4, 0.5) is 5.69 Å². The summed E-state index contributed by atoms with van der Waals surface area (Å²) < 4.78 is 5.08. The van der Waals surface area contributed by atoms with E-state index in [9.17, 15) is 9.59 Å². The van der Waals surface area contributed by atoms with Crippen molar-refractivity contribution in [3.63, 3.8) is 0 Å². The lowest BCUT2D eigenvalue weighted by Gasteiger charge is -2.12. The van der Waals surface area contributed by atoms with Crippen LogP contribution in [-0.2, 0) is 17.6 Å². The number of ether oxygens (including phenoxy) is 1. The van der Waals surface area contributed by atoms with Crippen molar-refractivity contribution in [1.29, 1.82) is 0 Å². The highest BCUT2D eigenvalue weighted by atomic mass is 16.5. The summed E-state index contributed by atoms with van der Waals surface area (Å²) in [5.74, 6) is -0.666. The molecule has 4 heteroatoms. The number of esters is 1. The van der Waals surface area contributed by atoms with Gasteiger partial charge in [-0.1, -0.05) is 36.4 Å². The van der Waals surface area contributed by atoms with E-state index in [2.05, 4.69) is 11.4 Å². The summed E-state index contributed by atoms with van der Waals surface area (Å²) in [6.45, 7) is 2.04. The first-order valence-electron chi connectivity index (χ1n) is 8.80. The molecular formula is C22H19NO3. The van der Waals surface area contributed by atoms with Gasteiger partial charge >= 0.3 is 5.97 Å². The van der Waals surface area contributed by atoms with E-state index in [-0.39, 0.29) is 12.5 Å². The first-order chi connectivity index (χ1) is 12.7. The number of anilines is 1. The van der Waals surface area contributed by atoms with Crippen molar-refractivity contribution in [3.8, 4) is 0 Å². The lowest BCUT2D eigenvalue weighted by atomic mass is 9.99. The molecule has 0 radical (unpaired) electrons. The van der Waals surface area contributed by atoms with E-state index in [0.717, 1.165) is 18.2 Å². The maximum Gasteiger partial charge on any atom is 0.340 e. The second-order valence-electron chi connectivity index (χ2n) is 6.33. The number of aryl methyl sites for hydroxylation is 2. The number of benzene rings is 3. The fraction of sp³-hybridized carbons (Fsp3) is 0.182. The Labute approximate surface area is 151 Å². The molecular weight excluding hydrogens is 326 g/mol. The zero-order chi connectivity index (χ0) is 18.1. The van der Waals surface area contributed by atoms with Crippen molar-refractivity contribution in [2.24, 2.45) is 0 Å². The van der Waals surface area contributed by atoms with E-state index >= 15 is 0 Å². The molecule has 130 valence electrons. The van der Waals surface area contributed by atoms with Gasteiger partial charge in [0.05, 0.1) is 17.9 Å². The predicted molar refractivity (Wildman–Crippen MR) is 102 cm³/mol. The topological polar surface area (TPSA) is 55.4 Å². The van der Waals surface area contributed by atoms with Crippen LogP contribution in [0.15, 0.2) is 54.6 Å². The minimum absolute atomic E-state index is 0.225. The van der Waals surface area contributed by atoms with E-state index in [1.165, 1.54) is 16.5 Å². The van der Waals surface area contributed by atoms with Crippen molar-refractivity contribution >= 4 is 28.3 Å². The molecule has 0 saturated carbocycles. The second-order valence-corrected chi connectivity index (χ2v) is 6.33. The molecule has 1 amide bonds. The molecule has 3 aromatic carbocycles. The Hall–Kier alpha value is -3.14. The third-order valence-electron chi connectivity index (χ3n) is 4.79. The molecule has 1 aliphatic rings. The second kappa shape index (κ2) is 6.64. The fourth-order valence-corrected chi connectivity index (χ4v) is 3.61. The van der Waals surface area contributed by atoms with Gasteiger partial charge in [0.2, 0.25) is 0 Å². The molecule has 1 aliphatic carbocycles. The first kappa shape index (κ1) is 16.3. The minimum atomic E-state index is -0.441. The van der Waals surface area contributed by atoms with Gasteiger partial charge in [0.1, 0.15) is 0 Å². The Morgan fingerprint density at radius 3 is 2.50 bits per heavy atom.